The summed E-state index contributed by atoms with van der Waals surface area (Å²) in [6, 6.07) is 15.7. The molecule has 0 bridgehead atoms. The van der Waals surface area contributed by atoms with Gasteiger partial charge in [0.25, 0.3) is 0 Å². The number of aromatic nitrogens is 1. The van der Waals surface area contributed by atoms with E-state index in [4.69, 9.17) is 4.74 Å². The second-order valence-corrected chi connectivity index (χ2v) is 7.73. The third-order valence-electron chi connectivity index (χ3n) is 5.36. The van der Waals surface area contributed by atoms with E-state index in [0.29, 0.717) is 5.56 Å². The minimum atomic E-state index is -0.892. The lowest BCUT2D eigenvalue weighted by molar-refractivity contribution is 0.305. The number of hydrogen-bond acceptors (Lipinski definition) is 1. The molecule has 31 heavy (non-hydrogen) atoms. The quantitative estimate of drug-likeness (QED) is 0.247. The van der Waals surface area contributed by atoms with Gasteiger partial charge in [0.15, 0.2) is 11.6 Å². The van der Waals surface area contributed by atoms with Crippen LogP contribution in [0.25, 0.3) is 21.8 Å². The highest BCUT2D eigenvalue weighted by molar-refractivity contribution is 6.07. The first-order valence-corrected chi connectivity index (χ1v) is 10.8. The Balaban J connectivity index is 1.50. The second-order valence-electron chi connectivity index (χ2n) is 7.73. The molecular weight excluding hydrogens is 392 g/mol. The van der Waals surface area contributed by atoms with E-state index in [2.05, 4.69) is 29.8 Å². The average molecular weight is 417 g/mol. The molecule has 3 aromatic carbocycles. The summed E-state index contributed by atoms with van der Waals surface area (Å²) in [6.07, 6.45) is 6.08. The lowest BCUT2D eigenvalue weighted by Crippen LogP contribution is -1.97. The van der Waals surface area contributed by atoms with Gasteiger partial charge in [-0.1, -0.05) is 50.5 Å². The summed E-state index contributed by atoms with van der Waals surface area (Å²) in [5.74, 6) is 5.01. The maximum Gasteiger partial charge on any atom is 0.160 e. The third kappa shape index (κ3) is 5.06. The van der Waals surface area contributed by atoms with Gasteiger partial charge in [-0.05, 0) is 48.9 Å². The molecule has 0 saturated heterocycles. The average Bonchev–Trinajstić information content (AvgIpc) is 3.14. The van der Waals surface area contributed by atoms with Gasteiger partial charge < -0.3 is 9.72 Å². The third-order valence-corrected chi connectivity index (χ3v) is 5.36. The number of fused-ring (bicyclic) bond motifs is 3. The van der Waals surface area contributed by atoms with Crippen LogP contribution in [-0.4, -0.2) is 11.6 Å². The zero-order chi connectivity index (χ0) is 21.6. The zero-order valence-electron chi connectivity index (χ0n) is 17.6. The highest BCUT2D eigenvalue weighted by atomic mass is 19.2. The molecule has 0 saturated carbocycles. The minimum absolute atomic E-state index is 0.437. The molecule has 0 fully saturated rings. The van der Waals surface area contributed by atoms with Gasteiger partial charge in [-0.25, -0.2) is 8.78 Å². The van der Waals surface area contributed by atoms with Gasteiger partial charge in [-0.2, -0.15) is 0 Å². The molecule has 0 unspecified atom stereocenters. The first-order chi connectivity index (χ1) is 15.1. The standard InChI is InChI=1S/C27H25F2NO/c1-2-3-4-5-6-15-31-21-11-13-23-22-12-9-20(17-26(22)30-27(23)18-21)8-7-19-10-14-24(28)25(29)16-19/h9-14,16-18,30H,2-6,15H2,1H3. The summed E-state index contributed by atoms with van der Waals surface area (Å²) in [5.41, 5.74) is 3.23. The predicted octanol–water partition coefficient (Wildman–Crippen LogP) is 7.35. The highest BCUT2D eigenvalue weighted by Crippen LogP contribution is 2.29. The summed E-state index contributed by atoms with van der Waals surface area (Å²) in [5, 5.41) is 2.24. The van der Waals surface area contributed by atoms with E-state index in [-0.39, 0.29) is 0 Å². The fourth-order valence-corrected chi connectivity index (χ4v) is 3.67. The van der Waals surface area contributed by atoms with Crippen molar-refractivity contribution in [3.8, 4) is 17.6 Å². The molecule has 1 heterocycles. The molecule has 0 spiro atoms. The van der Waals surface area contributed by atoms with Crippen LogP contribution in [-0.2, 0) is 0 Å². The van der Waals surface area contributed by atoms with Crippen molar-refractivity contribution in [3.63, 3.8) is 0 Å². The van der Waals surface area contributed by atoms with Gasteiger partial charge in [0.05, 0.1) is 12.1 Å². The van der Waals surface area contributed by atoms with Crippen molar-refractivity contribution >= 4 is 21.8 Å². The van der Waals surface area contributed by atoms with E-state index < -0.39 is 11.6 Å². The molecule has 1 N–H and O–H groups in total. The molecule has 2 nitrogen and oxygen atoms in total. The highest BCUT2D eigenvalue weighted by Gasteiger charge is 2.06. The summed E-state index contributed by atoms with van der Waals surface area (Å²) in [6.45, 7) is 2.95. The molecular formula is C27H25F2NO. The predicted molar refractivity (Wildman–Crippen MR) is 122 cm³/mol. The topological polar surface area (TPSA) is 25.0 Å². The molecule has 0 aliphatic rings. The molecule has 4 heteroatoms. The molecule has 0 radical (unpaired) electrons. The number of unbranched alkanes of at least 4 members (excludes halogenated alkanes) is 4. The lowest BCUT2D eigenvalue weighted by atomic mass is 10.1. The Hall–Kier alpha value is -3.32. The van der Waals surface area contributed by atoms with Crippen LogP contribution in [0.15, 0.2) is 54.6 Å². The van der Waals surface area contributed by atoms with Gasteiger partial charge in [0.1, 0.15) is 5.75 Å². The fraction of sp³-hybridized carbons (Fsp3) is 0.259. The molecule has 0 aliphatic heterocycles. The van der Waals surface area contributed by atoms with Crippen LogP contribution in [0.5, 0.6) is 5.75 Å². The molecule has 158 valence electrons. The van der Waals surface area contributed by atoms with Crippen LogP contribution >= 0.6 is 0 Å². The van der Waals surface area contributed by atoms with Crippen LogP contribution in [0.2, 0.25) is 0 Å². The van der Waals surface area contributed by atoms with E-state index >= 15 is 0 Å². The number of H-pyrrole nitrogens is 1. The maximum atomic E-state index is 13.4. The zero-order valence-corrected chi connectivity index (χ0v) is 17.6. The summed E-state index contributed by atoms with van der Waals surface area (Å²) in [4.78, 5) is 3.43. The molecule has 4 aromatic rings. The molecule has 4 rings (SSSR count). The lowest BCUT2D eigenvalue weighted by Gasteiger charge is -2.06. The van der Waals surface area contributed by atoms with E-state index in [9.17, 15) is 8.78 Å². The van der Waals surface area contributed by atoms with E-state index in [1.54, 1.807) is 0 Å². The van der Waals surface area contributed by atoms with Gasteiger partial charge >= 0.3 is 0 Å². The first kappa shape index (κ1) is 20.9. The normalized spacial score (nSPS) is 10.9. The van der Waals surface area contributed by atoms with Crippen LogP contribution < -0.4 is 4.74 Å². The number of ether oxygens (including phenoxy) is 1. The number of nitrogens with one attached hydrogen (secondary N) is 1. The summed E-state index contributed by atoms with van der Waals surface area (Å²) in [7, 11) is 0. The number of benzene rings is 3. The second kappa shape index (κ2) is 9.66. The SMILES string of the molecule is CCCCCCCOc1ccc2c(c1)[nH]c1cc(C#Cc3ccc(F)c(F)c3)ccc12. The smallest absolute Gasteiger partial charge is 0.160 e. The van der Waals surface area contributed by atoms with Crippen LogP contribution in [0, 0.1) is 23.5 Å². The van der Waals surface area contributed by atoms with Gasteiger partial charge in [-0.3, -0.25) is 0 Å². The van der Waals surface area contributed by atoms with Crippen molar-refractivity contribution in [1.29, 1.82) is 0 Å². The summed E-state index contributed by atoms with van der Waals surface area (Å²) >= 11 is 0. The van der Waals surface area contributed by atoms with Crippen molar-refractivity contribution < 1.29 is 13.5 Å². The van der Waals surface area contributed by atoms with E-state index in [1.807, 2.05) is 30.3 Å². The fourth-order valence-electron chi connectivity index (χ4n) is 3.67. The van der Waals surface area contributed by atoms with E-state index in [1.165, 1.54) is 31.7 Å². The largest absolute Gasteiger partial charge is 0.494 e. The van der Waals surface area contributed by atoms with Gasteiger partial charge in [0.2, 0.25) is 0 Å². The van der Waals surface area contributed by atoms with Crippen molar-refractivity contribution in [2.75, 3.05) is 6.61 Å². The van der Waals surface area contributed by atoms with Crippen LogP contribution in [0.3, 0.4) is 0 Å². The molecule has 0 atom stereocenters. The number of aromatic amines is 1. The Bertz CT molecular complexity index is 1260. The molecule has 1 aromatic heterocycles. The minimum Gasteiger partial charge on any atom is -0.494 e. The molecule has 0 amide bonds. The van der Waals surface area contributed by atoms with Crippen molar-refractivity contribution in [3.05, 3.63) is 77.4 Å². The Labute approximate surface area is 181 Å². The molecule has 0 aliphatic carbocycles. The van der Waals surface area contributed by atoms with Crippen molar-refractivity contribution in [2.45, 2.75) is 39.0 Å². The Morgan fingerprint density at radius 1 is 0.742 bits per heavy atom. The Morgan fingerprint density at radius 2 is 1.42 bits per heavy atom. The van der Waals surface area contributed by atoms with Crippen molar-refractivity contribution in [2.24, 2.45) is 0 Å². The van der Waals surface area contributed by atoms with Crippen LogP contribution in [0.4, 0.5) is 8.78 Å². The van der Waals surface area contributed by atoms with Gasteiger partial charge in [-0.15, -0.1) is 0 Å². The first-order valence-electron chi connectivity index (χ1n) is 10.8. The van der Waals surface area contributed by atoms with Crippen molar-refractivity contribution in [1.82, 2.24) is 4.98 Å². The number of hydrogen-bond donors (Lipinski definition) is 1. The summed E-state index contributed by atoms with van der Waals surface area (Å²) < 4.78 is 32.3. The number of halogens is 2. The number of rotatable bonds is 7. The monoisotopic (exact) mass is 417 g/mol. The van der Waals surface area contributed by atoms with E-state index in [0.717, 1.165) is 58.3 Å². The Kier molecular flexibility index (Phi) is 6.52. The van der Waals surface area contributed by atoms with Gasteiger partial charge in [0, 0.05) is 33.5 Å². The Morgan fingerprint density at radius 3 is 2.19 bits per heavy atom. The maximum absolute atomic E-state index is 13.4. The van der Waals surface area contributed by atoms with Crippen LogP contribution in [0.1, 0.15) is 50.2 Å².